The predicted molar refractivity (Wildman–Crippen MR) is 76.6 cm³/mol. The lowest BCUT2D eigenvalue weighted by molar-refractivity contribution is -0.148. The molecule has 1 atom stereocenters. The van der Waals surface area contributed by atoms with Crippen LogP contribution in [0.2, 0.25) is 0 Å². The van der Waals surface area contributed by atoms with Gasteiger partial charge in [-0.05, 0) is 27.2 Å². The minimum absolute atomic E-state index is 0.0190. The Hall–Kier alpha value is -1.31. The predicted octanol–water partition coefficient (Wildman–Crippen LogP) is 0.831. The van der Waals surface area contributed by atoms with E-state index in [0.717, 1.165) is 0 Å². The molecule has 0 radical (unpaired) electrons. The molecule has 1 heterocycles. The van der Waals surface area contributed by atoms with Crippen LogP contribution in [-0.2, 0) is 24.1 Å². The third kappa shape index (κ3) is 6.33. The first-order valence-corrected chi connectivity index (χ1v) is 8.63. The van der Waals surface area contributed by atoms with E-state index in [9.17, 15) is 18.0 Å². The third-order valence-electron chi connectivity index (χ3n) is 2.94. The van der Waals surface area contributed by atoms with Gasteiger partial charge in [-0.15, -0.1) is 0 Å². The maximum absolute atomic E-state index is 11.7. The van der Waals surface area contributed by atoms with E-state index in [-0.39, 0.29) is 24.7 Å². The summed E-state index contributed by atoms with van der Waals surface area (Å²) >= 11 is 0. The number of hydrogen-bond donors (Lipinski definition) is 0. The van der Waals surface area contributed by atoms with Gasteiger partial charge in [0.1, 0.15) is 12.2 Å². The fourth-order valence-electron chi connectivity index (χ4n) is 1.81. The molecule has 1 aliphatic rings. The molecule has 0 aromatic carbocycles. The van der Waals surface area contributed by atoms with E-state index in [2.05, 4.69) is 0 Å². The summed E-state index contributed by atoms with van der Waals surface area (Å²) in [5.74, 6) is -1.21. The van der Waals surface area contributed by atoms with Gasteiger partial charge < -0.3 is 14.4 Å². The Morgan fingerprint density at radius 1 is 1.29 bits per heavy atom. The molecule has 0 aromatic rings. The van der Waals surface area contributed by atoms with Gasteiger partial charge in [-0.3, -0.25) is 4.79 Å². The molecule has 122 valence electrons. The van der Waals surface area contributed by atoms with Crippen molar-refractivity contribution in [1.29, 1.82) is 0 Å². The Bertz CT molecular complexity index is 493. The smallest absolute Gasteiger partial charge is 0.410 e. The second-order valence-corrected chi connectivity index (χ2v) is 8.40. The number of esters is 1. The summed E-state index contributed by atoms with van der Waals surface area (Å²) in [7, 11) is -1.56. The van der Waals surface area contributed by atoms with E-state index in [0.29, 0.717) is 6.42 Å². The Kier molecular flexibility index (Phi) is 5.61. The zero-order valence-corrected chi connectivity index (χ0v) is 13.7. The van der Waals surface area contributed by atoms with Gasteiger partial charge in [0.15, 0.2) is 9.84 Å². The molecule has 0 aliphatic carbocycles. The van der Waals surface area contributed by atoms with Crippen LogP contribution in [0.15, 0.2) is 0 Å². The first-order valence-electron chi connectivity index (χ1n) is 6.81. The summed E-state index contributed by atoms with van der Waals surface area (Å²) in [6.45, 7) is 5.50. The van der Waals surface area contributed by atoms with Crippen LogP contribution in [0, 0.1) is 5.92 Å². The molecular formula is C13H23NO6S. The summed E-state index contributed by atoms with van der Waals surface area (Å²) in [5, 5.41) is 0. The van der Waals surface area contributed by atoms with Crippen molar-refractivity contribution >= 4 is 21.9 Å². The Balaban J connectivity index is 2.30. The fraction of sp³-hybridized carbons (Fsp3) is 0.846. The standard InChI is InChI=1S/C13H23NO6S/c1-13(2,3)20-12(16)14(4)6-7-19-11(15)10-5-8-21(17,18)9-10/h10H,5-9H2,1-4H3/t10-/m1/s1. The van der Waals surface area contributed by atoms with Crippen molar-refractivity contribution in [2.45, 2.75) is 32.8 Å². The quantitative estimate of drug-likeness (QED) is 0.713. The van der Waals surface area contributed by atoms with Crippen LogP contribution < -0.4 is 0 Å². The number of likely N-dealkylation sites (N-methyl/N-ethyl adjacent to an activating group) is 1. The van der Waals surface area contributed by atoms with Crippen LogP contribution in [0.1, 0.15) is 27.2 Å². The van der Waals surface area contributed by atoms with Crippen molar-refractivity contribution < 1.29 is 27.5 Å². The fourth-order valence-corrected chi connectivity index (χ4v) is 3.54. The zero-order chi connectivity index (χ0) is 16.3. The maximum atomic E-state index is 11.7. The van der Waals surface area contributed by atoms with E-state index in [1.807, 2.05) is 0 Å². The molecule has 0 bridgehead atoms. The monoisotopic (exact) mass is 321 g/mol. The highest BCUT2D eigenvalue weighted by Crippen LogP contribution is 2.19. The molecule has 7 nitrogen and oxygen atoms in total. The first kappa shape index (κ1) is 17.7. The van der Waals surface area contributed by atoms with Crippen LogP contribution in [-0.4, -0.2) is 62.7 Å². The largest absolute Gasteiger partial charge is 0.464 e. The minimum atomic E-state index is -3.10. The topological polar surface area (TPSA) is 90.0 Å². The first-order chi connectivity index (χ1) is 9.50. The average Bonchev–Trinajstić information content (AvgIpc) is 2.67. The number of rotatable bonds is 4. The van der Waals surface area contributed by atoms with Crippen molar-refractivity contribution in [3.63, 3.8) is 0 Å². The highest BCUT2D eigenvalue weighted by Gasteiger charge is 2.34. The van der Waals surface area contributed by atoms with Gasteiger partial charge in [0, 0.05) is 7.05 Å². The molecule has 1 aliphatic heterocycles. The summed E-state index contributed by atoms with van der Waals surface area (Å²) < 4.78 is 32.7. The highest BCUT2D eigenvalue weighted by atomic mass is 32.2. The molecule has 8 heteroatoms. The zero-order valence-electron chi connectivity index (χ0n) is 12.9. The Labute approximate surface area is 125 Å². The van der Waals surface area contributed by atoms with E-state index in [1.54, 1.807) is 27.8 Å². The molecule has 0 saturated carbocycles. The lowest BCUT2D eigenvalue weighted by Gasteiger charge is -2.24. The summed E-state index contributed by atoms with van der Waals surface area (Å²) in [4.78, 5) is 24.7. The van der Waals surface area contributed by atoms with Crippen LogP contribution in [0.3, 0.4) is 0 Å². The molecule has 0 N–H and O–H groups in total. The number of hydrogen-bond acceptors (Lipinski definition) is 6. The van der Waals surface area contributed by atoms with Crippen molar-refractivity contribution in [2.75, 3.05) is 31.7 Å². The summed E-state index contributed by atoms with van der Waals surface area (Å²) in [5.41, 5.74) is -0.583. The maximum Gasteiger partial charge on any atom is 0.410 e. The lowest BCUT2D eigenvalue weighted by Crippen LogP contribution is -2.36. The lowest BCUT2D eigenvalue weighted by atomic mass is 10.1. The summed E-state index contributed by atoms with van der Waals surface area (Å²) in [6, 6.07) is 0. The second kappa shape index (κ2) is 6.64. The van der Waals surface area contributed by atoms with Crippen LogP contribution in [0.25, 0.3) is 0 Å². The molecule has 1 fully saturated rings. The second-order valence-electron chi connectivity index (χ2n) is 6.17. The van der Waals surface area contributed by atoms with Gasteiger partial charge in [-0.2, -0.15) is 0 Å². The van der Waals surface area contributed by atoms with Crippen LogP contribution >= 0.6 is 0 Å². The van der Waals surface area contributed by atoms with Crippen molar-refractivity contribution in [3.8, 4) is 0 Å². The SMILES string of the molecule is CN(CCOC(=O)[C@@H]1CCS(=O)(=O)C1)C(=O)OC(C)(C)C. The number of carbonyl (C=O) groups is 2. The number of ether oxygens (including phenoxy) is 2. The van der Waals surface area contributed by atoms with E-state index >= 15 is 0 Å². The number of carbonyl (C=O) groups excluding carboxylic acids is 2. The number of sulfone groups is 1. The third-order valence-corrected chi connectivity index (χ3v) is 4.71. The molecule has 0 unspecified atom stereocenters. The minimum Gasteiger partial charge on any atom is -0.464 e. The number of amides is 1. The average molecular weight is 321 g/mol. The van der Waals surface area contributed by atoms with Gasteiger partial charge in [0.25, 0.3) is 0 Å². The molecule has 1 rings (SSSR count). The van der Waals surface area contributed by atoms with Gasteiger partial charge >= 0.3 is 12.1 Å². The molecule has 21 heavy (non-hydrogen) atoms. The molecule has 1 saturated heterocycles. The Morgan fingerprint density at radius 3 is 2.38 bits per heavy atom. The molecule has 0 aromatic heterocycles. The normalized spacial score (nSPS) is 20.9. The van der Waals surface area contributed by atoms with Crippen molar-refractivity contribution in [1.82, 2.24) is 4.90 Å². The van der Waals surface area contributed by atoms with E-state index < -0.39 is 33.4 Å². The van der Waals surface area contributed by atoms with Gasteiger partial charge in [-0.25, -0.2) is 13.2 Å². The molecule has 1 amide bonds. The number of nitrogens with zero attached hydrogens (tertiary/aromatic N) is 1. The van der Waals surface area contributed by atoms with Gasteiger partial charge in [0.2, 0.25) is 0 Å². The van der Waals surface area contributed by atoms with E-state index in [1.165, 1.54) is 4.90 Å². The highest BCUT2D eigenvalue weighted by molar-refractivity contribution is 7.91. The van der Waals surface area contributed by atoms with Crippen LogP contribution in [0.5, 0.6) is 0 Å². The molecular weight excluding hydrogens is 298 g/mol. The van der Waals surface area contributed by atoms with E-state index in [4.69, 9.17) is 9.47 Å². The van der Waals surface area contributed by atoms with Crippen molar-refractivity contribution in [3.05, 3.63) is 0 Å². The van der Waals surface area contributed by atoms with Gasteiger partial charge in [0.05, 0.1) is 24.0 Å². The van der Waals surface area contributed by atoms with Crippen LogP contribution in [0.4, 0.5) is 4.79 Å². The summed E-state index contributed by atoms with van der Waals surface area (Å²) in [6.07, 6.45) is -0.190. The van der Waals surface area contributed by atoms with Crippen molar-refractivity contribution in [2.24, 2.45) is 5.92 Å². The Morgan fingerprint density at radius 2 is 1.90 bits per heavy atom. The molecule has 0 spiro atoms. The van der Waals surface area contributed by atoms with Gasteiger partial charge in [-0.1, -0.05) is 0 Å².